The van der Waals surface area contributed by atoms with E-state index in [0.29, 0.717) is 5.92 Å². The Morgan fingerprint density at radius 2 is 2.00 bits per heavy atom. The van der Waals surface area contributed by atoms with Crippen molar-refractivity contribution in [1.82, 2.24) is 0 Å². The van der Waals surface area contributed by atoms with Crippen LogP contribution in [0.1, 0.15) is 33.6 Å². The van der Waals surface area contributed by atoms with Crippen molar-refractivity contribution < 1.29 is 4.79 Å². The lowest BCUT2D eigenvalue weighted by molar-refractivity contribution is -0.111. The van der Waals surface area contributed by atoms with Crippen molar-refractivity contribution in [1.29, 1.82) is 0 Å². The molecule has 0 aliphatic rings. The van der Waals surface area contributed by atoms with E-state index in [2.05, 4.69) is 19.9 Å². The molecule has 0 aromatic heterocycles. The zero-order chi connectivity index (χ0) is 8.69. The highest BCUT2D eigenvalue weighted by Crippen LogP contribution is 2.13. The highest BCUT2D eigenvalue weighted by Gasteiger charge is 2.06. The fourth-order valence-electron chi connectivity index (χ4n) is 1.12. The van der Waals surface area contributed by atoms with Crippen LogP contribution in [0.5, 0.6) is 0 Å². The monoisotopic (exact) mass is 154 g/mol. The van der Waals surface area contributed by atoms with E-state index in [-0.39, 0.29) is 5.92 Å². The number of hydrogen-bond donors (Lipinski definition) is 0. The Kier molecular flexibility index (Phi) is 5.81. The Labute approximate surface area is 69.5 Å². The van der Waals surface area contributed by atoms with Gasteiger partial charge in [-0.1, -0.05) is 26.0 Å². The zero-order valence-corrected chi connectivity index (χ0v) is 7.71. The number of carbonyl (C=O) groups excluding carboxylic acids is 1. The summed E-state index contributed by atoms with van der Waals surface area (Å²) in [6.45, 7) is 6.27. The van der Waals surface area contributed by atoms with Gasteiger partial charge in [0, 0.05) is 5.92 Å². The molecule has 0 saturated heterocycles. The zero-order valence-electron chi connectivity index (χ0n) is 7.71. The molecule has 1 nitrogen and oxygen atoms in total. The summed E-state index contributed by atoms with van der Waals surface area (Å²) in [7, 11) is 0. The molecule has 0 saturated carbocycles. The first kappa shape index (κ1) is 10.4. The molecular weight excluding hydrogens is 136 g/mol. The van der Waals surface area contributed by atoms with Gasteiger partial charge in [-0.2, -0.15) is 0 Å². The van der Waals surface area contributed by atoms with Gasteiger partial charge in [-0.3, -0.25) is 0 Å². The molecule has 0 fully saturated rings. The second-order valence-corrected chi connectivity index (χ2v) is 3.33. The molecule has 0 heterocycles. The van der Waals surface area contributed by atoms with Crippen LogP contribution in [0.3, 0.4) is 0 Å². The Morgan fingerprint density at radius 3 is 2.36 bits per heavy atom. The fourth-order valence-corrected chi connectivity index (χ4v) is 1.12. The van der Waals surface area contributed by atoms with Gasteiger partial charge >= 0.3 is 0 Å². The second kappa shape index (κ2) is 6.14. The summed E-state index contributed by atoms with van der Waals surface area (Å²) < 4.78 is 0. The van der Waals surface area contributed by atoms with Crippen LogP contribution in [-0.2, 0) is 4.79 Å². The van der Waals surface area contributed by atoms with E-state index in [1.807, 2.05) is 13.0 Å². The summed E-state index contributed by atoms with van der Waals surface area (Å²) in [5.41, 5.74) is 0. The quantitative estimate of drug-likeness (QED) is 0.439. The number of carbonyl (C=O) groups is 1. The van der Waals surface area contributed by atoms with Crippen LogP contribution in [0.2, 0.25) is 0 Å². The molecule has 0 aromatic carbocycles. The van der Waals surface area contributed by atoms with Crippen LogP contribution in [-0.4, -0.2) is 6.29 Å². The van der Waals surface area contributed by atoms with Crippen molar-refractivity contribution >= 4 is 6.29 Å². The van der Waals surface area contributed by atoms with Gasteiger partial charge in [-0.25, -0.2) is 0 Å². The van der Waals surface area contributed by atoms with Gasteiger partial charge in [0.15, 0.2) is 0 Å². The molecular formula is C10H18O. The number of aldehydes is 1. The lowest BCUT2D eigenvalue weighted by atomic mass is 9.95. The fraction of sp³-hybridized carbons (Fsp3) is 0.700. The Balaban J connectivity index is 3.66. The molecule has 0 bridgehead atoms. The molecule has 0 aromatic rings. The van der Waals surface area contributed by atoms with Crippen molar-refractivity contribution in [3.05, 3.63) is 12.2 Å². The first-order valence-corrected chi connectivity index (χ1v) is 4.27. The van der Waals surface area contributed by atoms with E-state index >= 15 is 0 Å². The van der Waals surface area contributed by atoms with Gasteiger partial charge in [-0.15, -0.1) is 0 Å². The van der Waals surface area contributed by atoms with Crippen LogP contribution in [0, 0.1) is 11.8 Å². The van der Waals surface area contributed by atoms with Gasteiger partial charge in [-0.05, 0) is 25.7 Å². The summed E-state index contributed by atoms with van der Waals surface area (Å²) in [6.07, 6.45) is 7.03. The van der Waals surface area contributed by atoms with Crippen molar-refractivity contribution in [2.45, 2.75) is 33.6 Å². The topological polar surface area (TPSA) is 17.1 Å². The van der Waals surface area contributed by atoms with Crippen molar-refractivity contribution in [2.24, 2.45) is 11.8 Å². The average Bonchev–Trinajstić information content (AvgIpc) is 1.97. The van der Waals surface area contributed by atoms with Gasteiger partial charge in [0.05, 0.1) is 0 Å². The minimum absolute atomic E-state index is 0.228. The third-order valence-electron chi connectivity index (χ3n) is 1.64. The lowest BCUT2D eigenvalue weighted by Crippen LogP contribution is -2.04. The summed E-state index contributed by atoms with van der Waals surface area (Å²) in [6, 6.07) is 0. The minimum Gasteiger partial charge on any atom is -0.303 e. The van der Waals surface area contributed by atoms with Crippen LogP contribution in [0.15, 0.2) is 12.2 Å². The maximum absolute atomic E-state index is 10.5. The van der Waals surface area contributed by atoms with Gasteiger partial charge in [0.25, 0.3) is 0 Å². The Hall–Kier alpha value is -0.590. The molecule has 0 rings (SSSR count). The predicted molar refractivity (Wildman–Crippen MR) is 48.4 cm³/mol. The second-order valence-electron chi connectivity index (χ2n) is 3.33. The van der Waals surface area contributed by atoms with Gasteiger partial charge < -0.3 is 4.79 Å². The molecule has 0 spiro atoms. The van der Waals surface area contributed by atoms with E-state index < -0.39 is 0 Å². The van der Waals surface area contributed by atoms with E-state index in [0.717, 1.165) is 19.1 Å². The maximum Gasteiger partial charge on any atom is 0.123 e. The van der Waals surface area contributed by atoms with Crippen LogP contribution in [0.25, 0.3) is 0 Å². The van der Waals surface area contributed by atoms with Crippen molar-refractivity contribution in [3.63, 3.8) is 0 Å². The van der Waals surface area contributed by atoms with E-state index in [1.54, 1.807) is 0 Å². The molecule has 0 aliphatic carbocycles. The SMILES string of the molecule is C/C=C\C[C@@H](C=O)CC(C)C. The third-order valence-corrected chi connectivity index (χ3v) is 1.64. The van der Waals surface area contributed by atoms with E-state index in [4.69, 9.17) is 0 Å². The molecule has 0 aliphatic heterocycles. The molecule has 64 valence electrons. The average molecular weight is 154 g/mol. The summed E-state index contributed by atoms with van der Waals surface area (Å²) in [4.78, 5) is 10.5. The van der Waals surface area contributed by atoms with Crippen molar-refractivity contribution in [2.75, 3.05) is 0 Å². The van der Waals surface area contributed by atoms with Crippen molar-refractivity contribution in [3.8, 4) is 0 Å². The predicted octanol–water partition coefficient (Wildman–Crippen LogP) is 2.81. The Bertz CT molecular complexity index is 125. The highest BCUT2D eigenvalue weighted by atomic mass is 16.1. The van der Waals surface area contributed by atoms with Crippen LogP contribution in [0.4, 0.5) is 0 Å². The molecule has 0 N–H and O–H groups in total. The van der Waals surface area contributed by atoms with E-state index in [1.165, 1.54) is 0 Å². The molecule has 11 heavy (non-hydrogen) atoms. The molecule has 0 amide bonds. The van der Waals surface area contributed by atoms with Crippen LogP contribution < -0.4 is 0 Å². The first-order chi connectivity index (χ1) is 5.20. The van der Waals surface area contributed by atoms with E-state index in [9.17, 15) is 4.79 Å². The summed E-state index contributed by atoms with van der Waals surface area (Å²) in [5.74, 6) is 0.849. The molecule has 1 heteroatoms. The maximum atomic E-state index is 10.5. The lowest BCUT2D eigenvalue weighted by Gasteiger charge is -2.09. The Morgan fingerprint density at radius 1 is 1.36 bits per heavy atom. The summed E-state index contributed by atoms with van der Waals surface area (Å²) >= 11 is 0. The van der Waals surface area contributed by atoms with Gasteiger partial charge in [0.2, 0.25) is 0 Å². The number of rotatable bonds is 5. The van der Waals surface area contributed by atoms with Crippen LogP contribution >= 0.6 is 0 Å². The standard InChI is InChI=1S/C10H18O/c1-4-5-6-10(8-11)7-9(2)3/h4-5,8-10H,6-7H2,1-3H3/b5-4-/t10-/m1/s1. The smallest absolute Gasteiger partial charge is 0.123 e. The minimum atomic E-state index is 0.228. The highest BCUT2D eigenvalue weighted by molar-refractivity contribution is 5.53. The van der Waals surface area contributed by atoms with Gasteiger partial charge in [0.1, 0.15) is 6.29 Å². The first-order valence-electron chi connectivity index (χ1n) is 4.27. The molecule has 1 atom stereocenters. The number of allylic oxidation sites excluding steroid dienone is 2. The summed E-state index contributed by atoms with van der Waals surface area (Å²) in [5, 5.41) is 0. The third kappa shape index (κ3) is 5.84. The number of hydrogen-bond acceptors (Lipinski definition) is 1. The normalized spacial score (nSPS) is 14.2. The molecule has 0 unspecified atom stereocenters. The largest absolute Gasteiger partial charge is 0.303 e. The molecule has 0 radical (unpaired) electrons.